The monoisotopic (exact) mass is 279 g/mol. The van der Waals surface area contributed by atoms with E-state index in [4.69, 9.17) is 0 Å². The number of hydrogen-bond acceptors (Lipinski definition) is 5. The van der Waals surface area contributed by atoms with Gasteiger partial charge in [-0.2, -0.15) is 4.31 Å². The molecule has 1 heterocycles. The number of ether oxygens (including phenoxy) is 1. The van der Waals surface area contributed by atoms with Crippen LogP contribution in [0.1, 0.15) is 32.6 Å². The standard InChI is InChI=1S/C11H21NO5S/c1-2-17-11(14)9-18(15,16)12-7-5-3-4-6-10(12)8-13/h10,13H,2-9H2,1H3. The number of aliphatic hydroxyl groups excluding tert-OH is 1. The minimum Gasteiger partial charge on any atom is -0.465 e. The summed E-state index contributed by atoms with van der Waals surface area (Å²) in [6, 6.07) is -0.410. The van der Waals surface area contributed by atoms with Crippen molar-refractivity contribution in [3.8, 4) is 0 Å². The Balaban J connectivity index is 2.76. The second kappa shape index (κ2) is 7.06. The third kappa shape index (κ3) is 4.22. The van der Waals surface area contributed by atoms with E-state index in [0.29, 0.717) is 13.0 Å². The van der Waals surface area contributed by atoms with E-state index >= 15 is 0 Å². The van der Waals surface area contributed by atoms with Crippen LogP contribution in [0.2, 0.25) is 0 Å². The van der Waals surface area contributed by atoms with Gasteiger partial charge in [0.1, 0.15) is 0 Å². The summed E-state index contributed by atoms with van der Waals surface area (Å²) in [5.41, 5.74) is 0. The van der Waals surface area contributed by atoms with Gasteiger partial charge in [-0.05, 0) is 19.8 Å². The number of esters is 1. The molecular weight excluding hydrogens is 258 g/mol. The largest absolute Gasteiger partial charge is 0.465 e. The van der Waals surface area contributed by atoms with Crippen molar-refractivity contribution >= 4 is 16.0 Å². The van der Waals surface area contributed by atoms with E-state index in [-0.39, 0.29) is 13.2 Å². The molecule has 1 aliphatic heterocycles. The maximum Gasteiger partial charge on any atom is 0.322 e. The summed E-state index contributed by atoms with van der Waals surface area (Å²) in [5, 5.41) is 9.26. The highest BCUT2D eigenvalue weighted by molar-refractivity contribution is 7.89. The first-order valence-electron chi connectivity index (χ1n) is 6.27. The molecule has 1 saturated heterocycles. The number of hydrogen-bond donors (Lipinski definition) is 1. The Hall–Kier alpha value is -0.660. The molecule has 0 aromatic heterocycles. The first-order valence-corrected chi connectivity index (χ1v) is 7.88. The summed E-state index contributed by atoms with van der Waals surface area (Å²) >= 11 is 0. The van der Waals surface area contributed by atoms with Gasteiger partial charge < -0.3 is 9.84 Å². The van der Waals surface area contributed by atoms with E-state index in [9.17, 15) is 18.3 Å². The molecule has 1 N–H and O–H groups in total. The quantitative estimate of drug-likeness (QED) is 0.722. The Morgan fingerprint density at radius 1 is 1.39 bits per heavy atom. The van der Waals surface area contributed by atoms with Crippen LogP contribution in [0, 0.1) is 0 Å². The van der Waals surface area contributed by atoms with Crippen molar-refractivity contribution < 1.29 is 23.1 Å². The van der Waals surface area contributed by atoms with Gasteiger partial charge >= 0.3 is 5.97 Å². The Kier molecular flexibility index (Phi) is 6.04. The topological polar surface area (TPSA) is 83.9 Å². The van der Waals surface area contributed by atoms with E-state index in [1.54, 1.807) is 6.92 Å². The molecule has 7 heteroatoms. The smallest absolute Gasteiger partial charge is 0.322 e. The van der Waals surface area contributed by atoms with Crippen molar-refractivity contribution in [1.29, 1.82) is 0 Å². The van der Waals surface area contributed by atoms with Gasteiger partial charge in [0.25, 0.3) is 0 Å². The first kappa shape index (κ1) is 15.4. The Morgan fingerprint density at radius 2 is 2.11 bits per heavy atom. The molecule has 0 saturated carbocycles. The Bertz CT molecular complexity index is 368. The zero-order valence-electron chi connectivity index (χ0n) is 10.7. The molecule has 1 fully saturated rings. The predicted molar refractivity (Wildman–Crippen MR) is 66.5 cm³/mol. The summed E-state index contributed by atoms with van der Waals surface area (Å²) in [7, 11) is -3.69. The van der Waals surface area contributed by atoms with Gasteiger partial charge in [0.15, 0.2) is 5.75 Å². The number of carbonyl (C=O) groups is 1. The minimum absolute atomic E-state index is 0.164. The molecule has 0 bridgehead atoms. The maximum absolute atomic E-state index is 12.1. The molecule has 0 spiro atoms. The summed E-state index contributed by atoms with van der Waals surface area (Å²) in [4.78, 5) is 11.3. The lowest BCUT2D eigenvalue weighted by Crippen LogP contribution is -2.44. The molecule has 0 aromatic carbocycles. The average Bonchev–Trinajstić information content (AvgIpc) is 2.53. The summed E-state index contributed by atoms with van der Waals surface area (Å²) < 4.78 is 30.1. The van der Waals surface area contributed by atoms with Crippen LogP contribution in [0.4, 0.5) is 0 Å². The lowest BCUT2D eigenvalue weighted by Gasteiger charge is -2.27. The molecule has 106 valence electrons. The van der Waals surface area contributed by atoms with E-state index < -0.39 is 27.8 Å². The van der Waals surface area contributed by atoms with Crippen molar-refractivity contribution in [2.24, 2.45) is 0 Å². The van der Waals surface area contributed by atoms with Gasteiger partial charge in [-0.3, -0.25) is 4.79 Å². The number of aliphatic hydroxyl groups is 1. The summed E-state index contributed by atoms with van der Waals surface area (Å²) in [5.74, 6) is -1.38. The normalized spacial score (nSPS) is 22.4. The first-order chi connectivity index (χ1) is 8.51. The molecular formula is C11H21NO5S. The zero-order valence-corrected chi connectivity index (χ0v) is 11.5. The average molecular weight is 279 g/mol. The number of nitrogens with zero attached hydrogens (tertiary/aromatic N) is 1. The van der Waals surface area contributed by atoms with Crippen molar-refractivity contribution in [3.63, 3.8) is 0 Å². The van der Waals surface area contributed by atoms with Crippen LogP contribution < -0.4 is 0 Å². The van der Waals surface area contributed by atoms with Crippen LogP contribution in [0.25, 0.3) is 0 Å². The van der Waals surface area contributed by atoms with E-state index in [2.05, 4.69) is 4.74 Å². The fourth-order valence-electron chi connectivity index (χ4n) is 2.13. The highest BCUT2D eigenvalue weighted by Gasteiger charge is 2.32. The molecule has 6 nitrogen and oxygen atoms in total. The lowest BCUT2D eigenvalue weighted by molar-refractivity contribution is -0.140. The summed E-state index contributed by atoms with van der Waals surface area (Å²) in [6.07, 6.45) is 3.25. The van der Waals surface area contributed by atoms with Crippen LogP contribution in [-0.2, 0) is 19.6 Å². The molecule has 0 aliphatic carbocycles. The molecule has 1 unspecified atom stereocenters. The number of carbonyl (C=O) groups excluding carboxylic acids is 1. The second-order valence-electron chi connectivity index (χ2n) is 4.36. The third-order valence-electron chi connectivity index (χ3n) is 3.00. The highest BCUT2D eigenvalue weighted by atomic mass is 32.2. The zero-order chi connectivity index (χ0) is 13.6. The highest BCUT2D eigenvalue weighted by Crippen LogP contribution is 2.20. The van der Waals surface area contributed by atoms with Gasteiger partial charge in [-0.25, -0.2) is 8.42 Å². The van der Waals surface area contributed by atoms with E-state index in [1.165, 1.54) is 4.31 Å². The number of sulfonamides is 1. The van der Waals surface area contributed by atoms with Crippen LogP contribution in [0.3, 0.4) is 0 Å². The van der Waals surface area contributed by atoms with Crippen LogP contribution in [0.5, 0.6) is 0 Å². The van der Waals surface area contributed by atoms with Crippen molar-refractivity contribution in [3.05, 3.63) is 0 Å². The van der Waals surface area contributed by atoms with Gasteiger partial charge in [-0.15, -0.1) is 0 Å². The fourth-order valence-corrected chi connectivity index (χ4v) is 3.71. The Morgan fingerprint density at radius 3 is 2.72 bits per heavy atom. The van der Waals surface area contributed by atoms with Crippen LogP contribution in [0.15, 0.2) is 0 Å². The molecule has 1 aliphatic rings. The summed E-state index contributed by atoms with van der Waals surface area (Å²) in [6.45, 7) is 1.96. The van der Waals surface area contributed by atoms with Crippen molar-refractivity contribution in [2.75, 3.05) is 25.5 Å². The Labute approximate surface area is 108 Å². The maximum atomic E-state index is 12.1. The lowest BCUT2D eigenvalue weighted by atomic mass is 10.1. The molecule has 0 radical (unpaired) electrons. The molecule has 0 amide bonds. The van der Waals surface area contributed by atoms with Crippen LogP contribution >= 0.6 is 0 Å². The SMILES string of the molecule is CCOC(=O)CS(=O)(=O)N1CCCCCC1CO. The minimum atomic E-state index is -3.69. The van der Waals surface area contributed by atoms with Gasteiger partial charge in [0, 0.05) is 12.6 Å². The molecule has 1 atom stereocenters. The van der Waals surface area contributed by atoms with E-state index in [1.807, 2.05) is 0 Å². The second-order valence-corrected chi connectivity index (χ2v) is 6.28. The van der Waals surface area contributed by atoms with Gasteiger partial charge in [-0.1, -0.05) is 12.8 Å². The predicted octanol–water partition coefficient (Wildman–Crippen LogP) is 0.116. The molecule has 0 aromatic rings. The van der Waals surface area contributed by atoms with E-state index in [0.717, 1.165) is 19.3 Å². The van der Waals surface area contributed by atoms with Crippen LogP contribution in [-0.4, -0.2) is 55.4 Å². The molecule has 1 rings (SSSR count). The van der Waals surface area contributed by atoms with Crippen molar-refractivity contribution in [1.82, 2.24) is 4.31 Å². The van der Waals surface area contributed by atoms with Crippen molar-refractivity contribution in [2.45, 2.75) is 38.6 Å². The van der Waals surface area contributed by atoms with Gasteiger partial charge in [0.2, 0.25) is 10.0 Å². The molecule has 18 heavy (non-hydrogen) atoms. The van der Waals surface area contributed by atoms with Gasteiger partial charge in [0.05, 0.1) is 13.2 Å². The third-order valence-corrected chi connectivity index (χ3v) is 4.79. The fraction of sp³-hybridized carbons (Fsp3) is 0.909. The number of rotatable bonds is 5.